The van der Waals surface area contributed by atoms with Crippen molar-refractivity contribution in [3.05, 3.63) is 29.6 Å². The monoisotopic (exact) mass is 347 g/mol. The molecule has 1 aromatic rings. The molecule has 0 spiro atoms. The minimum Gasteiger partial charge on any atom is -0.332 e. The molecule has 0 aromatic heterocycles. The molecule has 132 valence electrons. The van der Waals surface area contributed by atoms with E-state index in [0.717, 1.165) is 12.6 Å². The predicted octanol–water partition coefficient (Wildman–Crippen LogP) is 1.95. The van der Waals surface area contributed by atoms with Crippen LogP contribution in [0.2, 0.25) is 0 Å². The molecule has 0 atom stereocenters. The summed E-state index contributed by atoms with van der Waals surface area (Å²) in [6, 6.07) is 2.04. The largest absolute Gasteiger partial charge is 0.419 e. The molecule has 1 N–H and O–H groups in total. The van der Waals surface area contributed by atoms with E-state index in [0.29, 0.717) is 38.3 Å². The van der Waals surface area contributed by atoms with Gasteiger partial charge in [-0.05, 0) is 24.7 Å². The van der Waals surface area contributed by atoms with Gasteiger partial charge >= 0.3 is 18.0 Å². The van der Waals surface area contributed by atoms with E-state index in [1.165, 1.54) is 4.90 Å². The maximum Gasteiger partial charge on any atom is 0.419 e. The van der Waals surface area contributed by atoms with Crippen LogP contribution in [-0.4, -0.2) is 54.3 Å². The first-order chi connectivity index (χ1) is 11.2. The number of hydrogen-bond acceptors (Lipinski definition) is 3. The summed E-state index contributed by atoms with van der Waals surface area (Å²) >= 11 is 0. The van der Waals surface area contributed by atoms with Crippen LogP contribution in [-0.2, 0) is 15.8 Å². The molecule has 9 heteroatoms. The molecule has 1 fully saturated rings. The van der Waals surface area contributed by atoms with Crippen molar-refractivity contribution >= 4 is 17.5 Å². The van der Waals surface area contributed by atoms with Gasteiger partial charge in [0.15, 0.2) is 0 Å². The minimum atomic E-state index is -4.88. The number of alkyl halides is 3. The lowest BCUT2D eigenvalue weighted by molar-refractivity contribution is -0.144. The summed E-state index contributed by atoms with van der Waals surface area (Å²) in [4.78, 5) is 27.4. The van der Waals surface area contributed by atoms with E-state index in [2.05, 4.69) is 10.2 Å². The summed E-state index contributed by atoms with van der Waals surface area (Å²) in [5.41, 5.74) is -1.78. The number of nitrogens with one attached hydrogen (secondary N) is 1. The highest BCUT2D eigenvalue weighted by atomic mass is 19.4. The number of nitrogens with zero attached hydrogens (tertiary/aromatic N) is 2. The molecule has 1 heterocycles. The van der Waals surface area contributed by atoms with Gasteiger partial charge in [0.2, 0.25) is 0 Å². The Morgan fingerprint density at radius 2 is 1.79 bits per heavy atom. The first-order valence-corrected chi connectivity index (χ1v) is 7.41. The Hall–Kier alpha value is -2.16. The lowest BCUT2D eigenvalue weighted by atomic mass is 10.1. The molecule has 0 bridgehead atoms. The molecule has 0 saturated carbocycles. The van der Waals surface area contributed by atoms with Crippen LogP contribution in [0.1, 0.15) is 12.5 Å². The van der Waals surface area contributed by atoms with E-state index in [1.807, 2.05) is 6.92 Å². The Labute approximate surface area is 136 Å². The second kappa shape index (κ2) is 7.16. The van der Waals surface area contributed by atoms with Crippen molar-refractivity contribution in [3.63, 3.8) is 0 Å². The van der Waals surface area contributed by atoms with Gasteiger partial charge in [-0.3, -0.25) is 9.59 Å². The van der Waals surface area contributed by atoms with Gasteiger partial charge < -0.3 is 15.1 Å². The average molecular weight is 347 g/mol. The van der Waals surface area contributed by atoms with Gasteiger partial charge in [-0.2, -0.15) is 13.2 Å². The van der Waals surface area contributed by atoms with Crippen LogP contribution in [0, 0.1) is 5.82 Å². The van der Waals surface area contributed by atoms with Crippen LogP contribution in [0.4, 0.5) is 23.2 Å². The maximum absolute atomic E-state index is 13.2. The summed E-state index contributed by atoms with van der Waals surface area (Å²) in [6.07, 6.45) is -4.88. The average Bonchev–Trinajstić information content (AvgIpc) is 2.55. The van der Waals surface area contributed by atoms with Gasteiger partial charge in [-0.15, -0.1) is 0 Å². The number of carbonyl (C=O) groups excluding carboxylic acids is 2. The van der Waals surface area contributed by atoms with E-state index in [9.17, 15) is 27.2 Å². The molecular formula is C15H17F4N3O2. The fourth-order valence-corrected chi connectivity index (χ4v) is 2.42. The molecule has 0 radical (unpaired) electrons. The fraction of sp³-hybridized carbons (Fsp3) is 0.467. The number of halogens is 4. The molecule has 1 aromatic carbocycles. The molecule has 1 aliphatic rings. The molecule has 2 amide bonds. The van der Waals surface area contributed by atoms with Gasteiger partial charge in [-0.25, -0.2) is 4.39 Å². The lowest BCUT2D eigenvalue weighted by Crippen LogP contribution is -2.51. The first-order valence-electron chi connectivity index (χ1n) is 7.41. The summed E-state index contributed by atoms with van der Waals surface area (Å²) in [7, 11) is 0. The highest BCUT2D eigenvalue weighted by molar-refractivity contribution is 6.39. The number of anilines is 1. The van der Waals surface area contributed by atoms with Crippen molar-refractivity contribution in [1.82, 2.24) is 9.80 Å². The van der Waals surface area contributed by atoms with E-state index < -0.39 is 29.4 Å². The highest BCUT2D eigenvalue weighted by Gasteiger charge is 2.34. The number of carbonyl (C=O) groups is 2. The molecule has 2 rings (SSSR count). The number of hydrogen-bond donors (Lipinski definition) is 1. The Morgan fingerprint density at radius 3 is 2.33 bits per heavy atom. The van der Waals surface area contributed by atoms with Crippen molar-refractivity contribution < 1.29 is 27.2 Å². The lowest BCUT2D eigenvalue weighted by Gasteiger charge is -2.33. The van der Waals surface area contributed by atoms with Gasteiger partial charge in [0.1, 0.15) is 5.82 Å². The summed E-state index contributed by atoms with van der Waals surface area (Å²) < 4.78 is 51.2. The Bertz CT molecular complexity index is 626. The zero-order valence-corrected chi connectivity index (χ0v) is 13.0. The number of piperazine rings is 1. The van der Waals surface area contributed by atoms with Crippen molar-refractivity contribution in [2.45, 2.75) is 13.1 Å². The number of amides is 2. The third-order valence-electron chi connectivity index (χ3n) is 3.83. The fourth-order valence-electron chi connectivity index (χ4n) is 2.42. The number of rotatable bonds is 2. The zero-order chi connectivity index (χ0) is 17.9. The molecule has 0 aliphatic carbocycles. The number of benzene rings is 1. The Balaban J connectivity index is 2.03. The van der Waals surface area contributed by atoms with Crippen molar-refractivity contribution in [2.75, 3.05) is 38.0 Å². The second-order valence-corrected chi connectivity index (χ2v) is 5.37. The Morgan fingerprint density at radius 1 is 1.17 bits per heavy atom. The first kappa shape index (κ1) is 18.2. The van der Waals surface area contributed by atoms with E-state index in [4.69, 9.17) is 0 Å². The molecular weight excluding hydrogens is 330 g/mol. The number of likely N-dealkylation sites (N-methyl/N-ethyl adjacent to an activating group) is 1. The molecule has 1 aliphatic heterocycles. The quantitative estimate of drug-likeness (QED) is 0.657. The van der Waals surface area contributed by atoms with Crippen molar-refractivity contribution in [1.29, 1.82) is 0 Å². The molecule has 1 saturated heterocycles. The van der Waals surface area contributed by atoms with Crippen LogP contribution in [0.3, 0.4) is 0 Å². The molecule has 5 nitrogen and oxygen atoms in total. The van der Waals surface area contributed by atoms with Crippen LogP contribution in [0.25, 0.3) is 0 Å². The summed E-state index contributed by atoms with van der Waals surface area (Å²) in [5.74, 6) is -3.30. The standard InChI is InChI=1S/C15H17F4N3O2/c1-2-21-5-7-22(8-6-21)14(24)13(23)20-10-3-4-12(16)11(9-10)15(17,18)19/h3-4,9H,2,5-8H2,1H3,(H,20,23). The van der Waals surface area contributed by atoms with Crippen LogP contribution >= 0.6 is 0 Å². The predicted molar refractivity (Wildman–Crippen MR) is 78.7 cm³/mol. The van der Waals surface area contributed by atoms with Crippen LogP contribution in [0.15, 0.2) is 18.2 Å². The zero-order valence-electron chi connectivity index (χ0n) is 13.0. The SMILES string of the molecule is CCN1CCN(C(=O)C(=O)Nc2ccc(F)c(C(F)(F)F)c2)CC1. The third kappa shape index (κ3) is 4.22. The van der Waals surface area contributed by atoms with Crippen LogP contribution in [0.5, 0.6) is 0 Å². The van der Waals surface area contributed by atoms with E-state index >= 15 is 0 Å². The van der Waals surface area contributed by atoms with Gasteiger partial charge in [-0.1, -0.05) is 6.92 Å². The third-order valence-corrected chi connectivity index (χ3v) is 3.83. The topological polar surface area (TPSA) is 52.7 Å². The normalized spacial score (nSPS) is 16.1. The highest BCUT2D eigenvalue weighted by Crippen LogP contribution is 2.32. The van der Waals surface area contributed by atoms with Crippen molar-refractivity contribution in [2.24, 2.45) is 0 Å². The van der Waals surface area contributed by atoms with Crippen LogP contribution < -0.4 is 5.32 Å². The molecule has 0 unspecified atom stereocenters. The van der Waals surface area contributed by atoms with E-state index in [-0.39, 0.29) is 5.69 Å². The van der Waals surface area contributed by atoms with Gasteiger partial charge in [0.05, 0.1) is 5.56 Å². The Kier molecular flexibility index (Phi) is 5.43. The summed E-state index contributed by atoms with van der Waals surface area (Å²) in [5, 5.41) is 2.09. The van der Waals surface area contributed by atoms with Gasteiger partial charge in [0, 0.05) is 31.9 Å². The second-order valence-electron chi connectivity index (χ2n) is 5.37. The minimum absolute atomic E-state index is 0.283. The van der Waals surface area contributed by atoms with Crippen molar-refractivity contribution in [3.8, 4) is 0 Å². The molecule has 24 heavy (non-hydrogen) atoms. The summed E-state index contributed by atoms with van der Waals surface area (Å²) in [6.45, 7) is 4.82. The van der Waals surface area contributed by atoms with Gasteiger partial charge in [0.25, 0.3) is 0 Å². The maximum atomic E-state index is 13.2. The van der Waals surface area contributed by atoms with E-state index in [1.54, 1.807) is 0 Å². The smallest absolute Gasteiger partial charge is 0.332 e.